The fourth-order valence-corrected chi connectivity index (χ4v) is 2.17. The Morgan fingerprint density at radius 1 is 1.38 bits per heavy atom. The molecular weight excluding hydrogens is 309 g/mol. The molecule has 0 heterocycles. The summed E-state index contributed by atoms with van der Waals surface area (Å²) in [5.41, 5.74) is 0. The highest BCUT2D eigenvalue weighted by Gasteiger charge is 2.28. The van der Waals surface area contributed by atoms with E-state index in [1.54, 1.807) is 12.1 Å². The third-order valence-electron chi connectivity index (χ3n) is 2.19. The summed E-state index contributed by atoms with van der Waals surface area (Å²) in [7, 11) is 0. The summed E-state index contributed by atoms with van der Waals surface area (Å²) >= 11 is 1.06. The van der Waals surface area contributed by atoms with E-state index in [4.69, 9.17) is 0 Å². The highest BCUT2D eigenvalue weighted by Crippen LogP contribution is 2.26. The van der Waals surface area contributed by atoms with Crippen molar-refractivity contribution in [1.82, 2.24) is 10.6 Å². The van der Waals surface area contributed by atoms with Crippen LogP contribution < -0.4 is 10.6 Å². The number of urea groups is 1. The van der Waals surface area contributed by atoms with Crippen LogP contribution in [0.1, 0.15) is 6.92 Å². The number of halogens is 3. The second kappa shape index (κ2) is 7.21. The Kier molecular flexibility index (Phi) is 5.89. The van der Waals surface area contributed by atoms with Crippen molar-refractivity contribution in [3.63, 3.8) is 0 Å². The van der Waals surface area contributed by atoms with Crippen molar-refractivity contribution in [2.45, 2.75) is 23.2 Å². The summed E-state index contributed by atoms with van der Waals surface area (Å²) in [6, 6.07) is 4.91. The predicted octanol–water partition coefficient (Wildman–Crippen LogP) is 2.26. The lowest BCUT2D eigenvalue weighted by atomic mass is 10.3. The van der Waals surface area contributed by atoms with Crippen molar-refractivity contribution in [2.24, 2.45) is 0 Å². The molecule has 9 heteroatoms. The molecular formula is C12H13F3N2O3S. The first-order valence-electron chi connectivity index (χ1n) is 5.78. The number of carbonyl (C=O) groups is 2. The van der Waals surface area contributed by atoms with Crippen LogP contribution in [0.15, 0.2) is 29.2 Å². The summed E-state index contributed by atoms with van der Waals surface area (Å²) in [4.78, 5) is 23.3. The van der Waals surface area contributed by atoms with E-state index in [2.05, 4.69) is 0 Å². The van der Waals surface area contributed by atoms with Crippen molar-refractivity contribution in [3.8, 4) is 5.75 Å². The van der Waals surface area contributed by atoms with Crippen molar-refractivity contribution in [3.05, 3.63) is 24.3 Å². The molecule has 21 heavy (non-hydrogen) atoms. The van der Waals surface area contributed by atoms with Crippen LogP contribution in [0.5, 0.6) is 5.75 Å². The Morgan fingerprint density at radius 2 is 2.05 bits per heavy atom. The minimum atomic E-state index is -4.54. The van der Waals surface area contributed by atoms with Gasteiger partial charge in [-0.1, -0.05) is 6.07 Å². The lowest BCUT2D eigenvalue weighted by Gasteiger charge is -2.12. The van der Waals surface area contributed by atoms with Gasteiger partial charge >= 0.3 is 12.2 Å². The quantitative estimate of drug-likeness (QED) is 0.743. The highest BCUT2D eigenvalue weighted by molar-refractivity contribution is 8.00. The van der Waals surface area contributed by atoms with Crippen LogP contribution in [-0.4, -0.2) is 35.0 Å². The van der Waals surface area contributed by atoms with Gasteiger partial charge in [0, 0.05) is 4.90 Å². The molecule has 0 saturated heterocycles. The molecule has 3 amide bonds. The topological polar surface area (TPSA) is 78.4 Å². The number of rotatable bonds is 4. The van der Waals surface area contributed by atoms with Gasteiger partial charge < -0.3 is 10.4 Å². The van der Waals surface area contributed by atoms with E-state index in [9.17, 15) is 27.9 Å². The fraction of sp³-hybridized carbons (Fsp3) is 0.333. The lowest BCUT2D eigenvalue weighted by molar-refractivity contribution is -0.124. The van der Waals surface area contributed by atoms with Gasteiger partial charge in [-0.05, 0) is 25.1 Å². The number of hydrogen-bond donors (Lipinski definition) is 3. The van der Waals surface area contributed by atoms with Gasteiger partial charge in [-0.3, -0.25) is 10.1 Å². The molecule has 1 aromatic carbocycles. The number of thioether (sulfide) groups is 1. The summed E-state index contributed by atoms with van der Waals surface area (Å²) in [6.07, 6.45) is -4.54. The standard InChI is InChI=1S/C12H13F3N2O3S/c1-7(21-9-4-2-3-8(18)5-9)10(19)17-11(20)16-6-12(13,14)15/h2-5,7,18H,6H2,1H3,(H2,16,17,19,20)/t7-/m1/s1. The Labute approximate surface area is 122 Å². The molecule has 1 rings (SSSR count). The zero-order valence-electron chi connectivity index (χ0n) is 10.9. The zero-order valence-corrected chi connectivity index (χ0v) is 11.7. The van der Waals surface area contributed by atoms with Gasteiger partial charge in [-0.15, -0.1) is 11.8 Å². The Morgan fingerprint density at radius 3 is 2.62 bits per heavy atom. The molecule has 0 unspecified atom stereocenters. The number of imide groups is 1. The van der Waals surface area contributed by atoms with Crippen LogP contribution in [0, 0.1) is 0 Å². The number of alkyl halides is 3. The number of amides is 3. The predicted molar refractivity (Wildman–Crippen MR) is 71.0 cm³/mol. The molecule has 0 saturated carbocycles. The lowest BCUT2D eigenvalue weighted by Crippen LogP contribution is -2.45. The van der Waals surface area contributed by atoms with E-state index < -0.39 is 29.9 Å². The molecule has 0 aliphatic rings. The SMILES string of the molecule is C[C@@H](Sc1cccc(O)c1)C(=O)NC(=O)NCC(F)(F)F. The van der Waals surface area contributed by atoms with Gasteiger partial charge in [0.15, 0.2) is 0 Å². The second-order valence-electron chi connectivity index (χ2n) is 4.04. The van der Waals surface area contributed by atoms with Gasteiger partial charge in [0.05, 0.1) is 5.25 Å². The van der Waals surface area contributed by atoms with Crippen molar-refractivity contribution in [2.75, 3.05) is 6.54 Å². The van der Waals surface area contributed by atoms with Crippen LogP contribution in [-0.2, 0) is 4.79 Å². The maximum Gasteiger partial charge on any atom is 0.405 e. The molecule has 116 valence electrons. The second-order valence-corrected chi connectivity index (χ2v) is 5.46. The molecule has 0 aliphatic heterocycles. The molecule has 3 N–H and O–H groups in total. The normalized spacial score (nSPS) is 12.6. The van der Waals surface area contributed by atoms with Gasteiger partial charge in [-0.2, -0.15) is 13.2 Å². The molecule has 0 fully saturated rings. The zero-order chi connectivity index (χ0) is 16.0. The van der Waals surface area contributed by atoms with Gasteiger partial charge in [0.25, 0.3) is 0 Å². The number of phenolic OH excluding ortho intramolecular Hbond substituents is 1. The molecule has 0 aromatic heterocycles. The van der Waals surface area contributed by atoms with Crippen molar-refractivity contribution in [1.29, 1.82) is 0 Å². The minimum absolute atomic E-state index is 0.0236. The minimum Gasteiger partial charge on any atom is -0.508 e. The van der Waals surface area contributed by atoms with Gasteiger partial charge in [-0.25, -0.2) is 4.79 Å². The van der Waals surface area contributed by atoms with E-state index in [1.807, 2.05) is 5.32 Å². The number of phenols is 1. The van der Waals surface area contributed by atoms with Crippen LogP contribution in [0.25, 0.3) is 0 Å². The molecule has 0 spiro atoms. The van der Waals surface area contributed by atoms with E-state index in [0.29, 0.717) is 4.90 Å². The fourth-order valence-electron chi connectivity index (χ4n) is 1.25. The number of nitrogens with one attached hydrogen (secondary N) is 2. The van der Waals surface area contributed by atoms with Crippen LogP contribution in [0.3, 0.4) is 0 Å². The molecule has 0 radical (unpaired) electrons. The van der Waals surface area contributed by atoms with E-state index in [0.717, 1.165) is 11.8 Å². The molecule has 1 atom stereocenters. The maximum absolute atomic E-state index is 11.9. The van der Waals surface area contributed by atoms with Crippen LogP contribution >= 0.6 is 11.8 Å². The van der Waals surface area contributed by atoms with Crippen molar-refractivity contribution >= 4 is 23.7 Å². The average Bonchev–Trinajstić information content (AvgIpc) is 2.35. The Bertz CT molecular complexity index is 523. The third kappa shape index (κ3) is 6.89. The van der Waals surface area contributed by atoms with E-state index in [1.165, 1.54) is 24.4 Å². The summed E-state index contributed by atoms with van der Waals surface area (Å²) in [5, 5.41) is 11.9. The first-order chi connectivity index (χ1) is 9.67. The third-order valence-corrected chi connectivity index (χ3v) is 3.28. The largest absolute Gasteiger partial charge is 0.508 e. The number of aromatic hydroxyl groups is 1. The van der Waals surface area contributed by atoms with Crippen LogP contribution in [0.2, 0.25) is 0 Å². The Hall–Kier alpha value is -1.90. The molecule has 0 bridgehead atoms. The average molecular weight is 322 g/mol. The highest BCUT2D eigenvalue weighted by atomic mass is 32.2. The van der Waals surface area contributed by atoms with E-state index in [-0.39, 0.29) is 5.75 Å². The maximum atomic E-state index is 11.9. The van der Waals surface area contributed by atoms with Gasteiger partial charge in [0.1, 0.15) is 12.3 Å². The monoisotopic (exact) mass is 322 g/mol. The number of carbonyl (C=O) groups excluding carboxylic acids is 2. The summed E-state index contributed by atoms with van der Waals surface area (Å²) in [5.74, 6) is -0.710. The van der Waals surface area contributed by atoms with Gasteiger partial charge in [0.2, 0.25) is 5.91 Å². The number of benzene rings is 1. The van der Waals surface area contributed by atoms with E-state index >= 15 is 0 Å². The molecule has 0 aliphatic carbocycles. The van der Waals surface area contributed by atoms with Crippen LogP contribution in [0.4, 0.5) is 18.0 Å². The molecule has 1 aromatic rings. The number of hydrogen-bond acceptors (Lipinski definition) is 4. The first kappa shape index (κ1) is 17.2. The smallest absolute Gasteiger partial charge is 0.405 e. The summed E-state index contributed by atoms with van der Waals surface area (Å²) in [6.45, 7) is -0.0265. The molecule has 5 nitrogen and oxygen atoms in total. The Balaban J connectivity index is 2.46. The first-order valence-corrected chi connectivity index (χ1v) is 6.66. The summed E-state index contributed by atoms with van der Waals surface area (Å²) < 4.78 is 35.6. The van der Waals surface area contributed by atoms with Crippen molar-refractivity contribution < 1.29 is 27.9 Å².